The van der Waals surface area contributed by atoms with E-state index in [9.17, 15) is 34.8 Å². The van der Waals surface area contributed by atoms with E-state index in [4.69, 9.17) is 18.9 Å². The molecule has 348 valence electrons. The normalized spacial score (nSPS) is 20.1. The number of carbonyl (C=O) groups excluding carboxylic acids is 2. The molecule has 0 aromatic heterocycles. The van der Waals surface area contributed by atoms with Crippen LogP contribution in [0.25, 0.3) is 0 Å². The van der Waals surface area contributed by atoms with Crippen LogP contribution in [0.1, 0.15) is 206 Å². The average Bonchev–Trinajstić information content (AvgIpc) is 3.23. The monoisotopic (exact) mass is 851 g/mol. The Balaban J connectivity index is 2.34. The van der Waals surface area contributed by atoms with E-state index in [0.29, 0.717) is 12.8 Å². The fourth-order valence-corrected chi connectivity index (χ4v) is 7.18. The maximum Gasteiger partial charge on any atom is 0.335 e. The maximum absolute atomic E-state index is 12.8. The summed E-state index contributed by atoms with van der Waals surface area (Å²) < 4.78 is 21.8. The van der Waals surface area contributed by atoms with E-state index in [0.717, 1.165) is 70.6 Å². The maximum atomic E-state index is 12.8. The SMILES string of the molecule is CCCCC/C=C\C/C=C\C/C=C\CCCCCCCCC(=O)OCC(COC1OC(C(=O)O)C(O)C(O)C1O)OC(=O)CCCCCCCCCCCCCCCCC. The highest BCUT2D eigenvalue weighted by molar-refractivity contribution is 5.73. The highest BCUT2D eigenvalue weighted by Crippen LogP contribution is 2.23. The Kier molecular flexibility index (Phi) is 36.3. The molecule has 0 bridgehead atoms. The van der Waals surface area contributed by atoms with Gasteiger partial charge in [0.2, 0.25) is 0 Å². The molecule has 0 aliphatic carbocycles. The van der Waals surface area contributed by atoms with Gasteiger partial charge in [0.25, 0.3) is 0 Å². The topological polar surface area (TPSA) is 169 Å². The molecule has 4 N–H and O–H groups in total. The smallest absolute Gasteiger partial charge is 0.335 e. The number of hydrogen-bond acceptors (Lipinski definition) is 10. The Bertz CT molecular complexity index is 1140. The van der Waals surface area contributed by atoms with Crippen molar-refractivity contribution in [1.82, 2.24) is 0 Å². The van der Waals surface area contributed by atoms with Crippen molar-refractivity contribution < 1.29 is 53.8 Å². The molecule has 1 rings (SSSR count). The number of hydrogen-bond donors (Lipinski definition) is 4. The van der Waals surface area contributed by atoms with Gasteiger partial charge >= 0.3 is 17.9 Å². The van der Waals surface area contributed by atoms with Gasteiger partial charge in [-0.3, -0.25) is 9.59 Å². The number of esters is 2. The molecule has 0 amide bonds. The third-order valence-electron chi connectivity index (χ3n) is 11.0. The number of carboxylic acid groups (broad SMARTS) is 1. The lowest BCUT2D eigenvalue weighted by molar-refractivity contribution is -0.298. The molecule has 11 nitrogen and oxygen atoms in total. The fraction of sp³-hybridized carbons (Fsp3) is 0.816. The highest BCUT2D eigenvalue weighted by atomic mass is 16.7. The number of aliphatic carboxylic acids is 1. The predicted octanol–water partition coefficient (Wildman–Crippen LogP) is 10.8. The van der Waals surface area contributed by atoms with Crippen LogP contribution in [-0.2, 0) is 33.3 Å². The first-order valence-corrected chi connectivity index (χ1v) is 24.0. The van der Waals surface area contributed by atoms with Gasteiger partial charge in [0.05, 0.1) is 6.61 Å². The van der Waals surface area contributed by atoms with Gasteiger partial charge in [-0.1, -0.05) is 179 Å². The Morgan fingerprint density at radius 2 is 0.933 bits per heavy atom. The van der Waals surface area contributed by atoms with Crippen molar-refractivity contribution in [3.8, 4) is 0 Å². The second-order valence-electron chi connectivity index (χ2n) is 16.6. The molecule has 0 radical (unpaired) electrons. The first-order chi connectivity index (χ1) is 29.2. The number of ether oxygens (including phenoxy) is 4. The van der Waals surface area contributed by atoms with Crippen LogP contribution in [0, 0.1) is 0 Å². The lowest BCUT2D eigenvalue weighted by Gasteiger charge is -2.38. The van der Waals surface area contributed by atoms with E-state index in [2.05, 4.69) is 50.3 Å². The quantitative estimate of drug-likeness (QED) is 0.0263. The number of unbranched alkanes of at least 4 members (excludes halogenated alkanes) is 23. The van der Waals surface area contributed by atoms with Crippen LogP contribution < -0.4 is 0 Å². The summed E-state index contributed by atoms with van der Waals surface area (Å²) in [5, 5.41) is 39.9. The minimum Gasteiger partial charge on any atom is -0.479 e. The van der Waals surface area contributed by atoms with E-state index in [1.807, 2.05) is 0 Å². The van der Waals surface area contributed by atoms with Crippen LogP contribution in [0.3, 0.4) is 0 Å². The van der Waals surface area contributed by atoms with E-state index in [1.54, 1.807) is 0 Å². The molecular formula is C49H86O11. The number of carboxylic acids is 1. The lowest BCUT2D eigenvalue weighted by Crippen LogP contribution is -2.60. The first kappa shape index (κ1) is 55.4. The van der Waals surface area contributed by atoms with Gasteiger partial charge in [0, 0.05) is 12.8 Å². The van der Waals surface area contributed by atoms with Gasteiger partial charge in [0.15, 0.2) is 18.5 Å². The predicted molar refractivity (Wildman–Crippen MR) is 238 cm³/mol. The van der Waals surface area contributed by atoms with E-state index >= 15 is 0 Å². The molecule has 11 heteroatoms. The summed E-state index contributed by atoms with van der Waals surface area (Å²) in [6.45, 7) is 3.79. The molecule has 6 atom stereocenters. The zero-order valence-corrected chi connectivity index (χ0v) is 37.7. The largest absolute Gasteiger partial charge is 0.479 e. The summed E-state index contributed by atoms with van der Waals surface area (Å²) in [7, 11) is 0. The van der Waals surface area contributed by atoms with Gasteiger partial charge in [0.1, 0.15) is 24.9 Å². The van der Waals surface area contributed by atoms with Crippen molar-refractivity contribution in [1.29, 1.82) is 0 Å². The van der Waals surface area contributed by atoms with Gasteiger partial charge in [-0.25, -0.2) is 4.79 Å². The molecule has 6 unspecified atom stereocenters. The second kappa shape index (κ2) is 39.3. The second-order valence-corrected chi connectivity index (χ2v) is 16.6. The number of aliphatic hydroxyl groups excluding tert-OH is 3. The van der Waals surface area contributed by atoms with Gasteiger partial charge < -0.3 is 39.4 Å². The van der Waals surface area contributed by atoms with Crippen molar-refractivity contribution in [3.05, 3.63) is 36.5 Å². The average molecular weight is 851 g/mol. The number of carbonyl (C=O) groups is 3. The molecule has 1 aliphatic heterocycles. The Morgan fingerprint density at radius 1 is 0.517 bits per heavy atom. The zero-order valence-electron chi connectivity index (χ0n) is 37.7. The van der Waals surface area contributed by atoms with E-state index < -0.39 is 61.3 Å². The molecule has 1 fully saturated rings. The van der Waals surface area contributed by atoms with Crippen molar-refractivity contribution >= 4 is 17.9 Å². The summed E-state index contributed by atoms with van der Waals surface area (Å²) in [5.41, 5.74) is 0. The van der Waals surface area contributed by atoms with Crippen molar-refractivity contribution in [2.75, 3.05) is 13.2 Å². The minimum absolute atomic E-state index is 0.183. The molecule has 0 spiro atoms. The van der Waals surface area contributed by atoms with Crippen LogP contribution in [0.4, 0.5) is 0 Å². The standard InChI is InChI=1S/C49H86O11/c1-3-5-7-9-11-13-15-17-19-20-21-22-24-25-27-29-31-33-35-37-42(50)57-39-41(40-58-49-46(54)44(52)45(53)47(60-49)48(55)56)59-43(51)38-36-34-32-30-28-26-23-18-16-14-12-10-8-6-4-2/h11,13,17,19,21-22,41,44-47,49,52-54H,3-10,12,14-16,18,20,23-40H2,1-2H3,(H,55,56)/b13-11-,19-17-,22-21-. The summed E-state index contributed by atoms with van der Waals surface area (Å²) >= 11 is 0. The highest BCUT2D eigenvalue weighted by Gasteiger charge is 2.47. The molecule has 1 heterocycles. The lowest BCUT2D eigenvalue weighted by atomic mass is 9.99. The molecule has 0 saturated carbocycles. The number of aliphatic hydroxyl groups is 3. The summed E-state index contributed by atoms with van der Waals surface area (Å²) in [4.78, 5) is 36.9. The van der Waals surface area contributed by atoms with Crippen LogP contribution in [-0.4, -0.2) is 88.4 Å². The van der Waals surface area contributed by atoms with Gasteiger partial charge in [-0.05, 0) is 51.4 Å². The third-order valence-corrected chi connectivity index (χ3v) is 11.0. The Hall–Kier alpha value is -2.57. The summed E-state index contributed by atoms with van der Waals surface area (Å²) in [6.07, 6.45) is 36.1. The number of allylic oxidation sites excluding steroid dienone is 6. The van der Waals surface area contributed by atoms with Crippen LogP contribution in [0.2, 0.25) is 0 Å². The third kappa shape index (κ3) is 30.5. The van der Waals surface area contributed by atoms with Crippen LogP contribution in [0.15, 0.2) is 36.5 Å². The molecule has 1 saturated heterocycles. The van der Waals surface area contributed by atoms with E-state index in [-0.39, 0.29) is 19.4 Å². The molecule has 60 heavy (non-hydrogen) atoms. The Morgan fingerprint density at radius 3 is 1.43 bits per heavy atom. The number of rotatable bonds is 40. The van der Waals surface area contributed by atoms with Crippen LogP contribution >= 0.6 is 0 Å². The zero-order chi connectivity index (χ0) is 43.9. The Labute approximate surface area is 363 Å². The summed E-state index contributed by atoms with van der Waals surface area (Å²) in [5.74, 6) is -2.45. The fourth-order valence-electron chi connectivity index (χ4n) is 7.18. The molecule has 0 aromatic rings. The van der Waals surface area contributed by atoms with Gasteiger partial charge in [-0.2, -0.15) is 0 Å². The molecule has 1 aliphatic rings. The molecule has 0 aromatic carbocycles. The first-order valence-electron chi connectivity index (χ1n) is 24.0. The van der Waals surface area contributed by atoms with Crippen molar-refractivity contribution in [2.45, 2.75) is 243 Å². The van der Waals surface area contributed by atoms with Crippen molar-refractivity contribution in [3.63, 3.8) is 0 Å². The van der Waals surface area contributed by atoms with E-state index in [1.165, 1.54) is 96.3 Å². The van der Waals surface area contributed by atoms with Gasteiger partial charge in [-0.15, -0.1) is 0 Å². The summed E-state index contributed by atoms with van der Waals surface area (Å²) in [6, 6.07) is 0. The molecular weight excluding hydrogens is 765 g/mol. The minimum atomic E-state index is -1.86. The van der Waals surface area contributed by atoms with Crippen molar-refractivity contribution in [2.24, 2.45) is 0 Å². The van der Waals surface area contributed by atoms with Crippen LogP contribution in [0.5, 0.6) is 0 Å².